The lowest BCUT2D eigenvalue weighted by molar-refractivity contribution is 0.870. The summed E-state index contributed by atoms with van der Waals surface area (Å²) in [6.45, 7) is 10.9. The largest absolute Gasteiger partial charge is 0.368 e. The van der Waals surface area contributed by atoms with Crippen LogP contribution in [0.4, 0.5) is 5.69 Å². The van der Waals surface area contributed by atoms with Crippen molar-refractivity contribution in [3.05, 3.63) is 66.0 Å². The maximum Gasteiger partial charge on any atom is 0.0989 e. The van der Waals surface area contributed by atoms with Crippen LogP contribution in [0.25, 0.3) is 0 Å². The number of benzene rings is 1. The van der Waals surface area contributed by atoms with Crippen molar-refractivity contribution in [2.45, 2.75) is 33.6 Å². The van der Waals surface area contributed by atoms with E-state index in [4.69, 9.17) is 0 Å². The fourth-order valence-electron chi connectivity index (χ4n) is 1.77. The van der Waals surface area contributed by atoms with Gasteiger partial charge in [-0.1, -0.05) is 49.8 Å². The summed E-state index contributed by atoms with van der Waals surface area (Å²) >= 11 is 0. The van der Waals surface area contributed by atoms with Crippen LogP contribution in [0.3, 0.4) is 0 Å². The van der Waals surface area contributed by atoms with E-state index in [2.05, 4.69) is 61.4 Å². The summed E-state index contributed by atoms with van der Waals surface area (Å²) in [7, 11) is 0. The molecule has 0 aliphatic heterocycles. The highest BCUT2D eigenvalue weighted by molar-refractivity contribution is 5.48. The normalized spacial score (nSPS) is 12.2. The second-order valence-electron chi connectivity index (χ2n) is 4.82. The van der Waals surface area contributed by atoms with Gasteiger partial charge in [0.2, 0.25) is 0 Å². The van der Waals surface area contributed by atoms with Crippen LogP contribution in [-0.2, 0) is 0 Å². The Morgan fingerprint density at radius 2 is 1.95 bits per heavy atom. The minimum Gasteiger partial charge on any atom is -0.368 e. The number of hydrogen-bond acceptors (Lipinski definition) is 2. The average molecular weight is 270 g/mol. The average Bonchev–Trinajstić information content (AvgIpc) is 2.48. The van der Waals surface area contributed by atoms with E-state index in [9.17, 15) is 0 Å². The van der Waals surface area contributed by atoms with Gasteiger partial charge < -0.3 is 10.6 Å². The summed E-state index contributed by atoms with van der Waals surface area (Å²) in [5, 5.41) is 6.78. The van der Waals surface area contributed by atoms with Crippen molar-refractivity contribution in [1.82, 2.24) is 5.32 Å². The first kappa shape index (κ1) is 16.1. The van der Waals surface area contributed by atoms with Gasteiger partial charge >= 0.3 is 0 Å². The zero-order valence-corrected chi connectivity index (χ0v) is 12.9. The van der Waals surface area contributed by atoms with Gasteiger partial charge in [-0.15, -0.1) is 0 Å². The lowest BCUT2D eigenvalue weighted by atomic mass is 10.2. The molecular weight excluding hydrogens is 244 g/mol. The lowest BCUT2D eigenvalue weighted by Crippen LogP contribution is -2.21. The number of nitrogens with one attached hydrogen (secondary N) is 2. The van der Waals surface area contributed by atoms with E-state index in [1.165, 1.54) is 11.1 Å². The van der Waals surface area contributed by atoms with Crippen molar-refractivity contribution in [3.63, 3.8) is 0 Å². The molecule has 0 fully saturated rings. The molecule has 0 amide bonds. The van der Waals surface area contributed by atoms with Crippen molar-refractivity contribution >= 4 is 5.69 Å². The van der Waals surface area contributed by atoms with Crippen molar-refractivity contribution in [1.29, 1.82) is 0 Å². The first-order chi connectivity index (χ1) is 9.69. The standard InChI is InChI=1S/C18H26N2/c1-5-8-9-16(6-2)14-19-18(7-3)20-17-12-10-15(4)11-13-17/h6-7,9-13,19-20H,2,5,8,14H2,1,3-4H3/b16-9+,18-7+. The van der Waals surface area contributed by atoms with Crippen LogP contribution >= 0.6 is 0 Å². The SMILES string of the molecule is C=C/C(=C\CCC)CN/C(=C\C)Nc1ccc(C)cc1. The van der Waals surface area contributed by atoms with E-state index < -0.39 is 0 Å². The van der Waals surface area contributed by atoms with Gasteiger partial charge in [0, 0.05) is 12.2 Å². The molecule has 0 radical (unpaired) electrons. The highest BCUT2D eigenvalue weighted by Crippen LogP contribution is 2.10. The third-order valence-corrected chi connectivity index (χ3v) is 3.06. The number of hydrogen-bond donors (Lipinski definition) is 2. The van der Waals surface area contributed by atoms with Gasteiger partial charge in [-0.05, 0) is 44.1 Å². The molecular formula is C18H26N2. The van der Waals surface area contributed by atoms with E-state index in [-0.39, 0.29) is 0 Å². The van der Waals surface area contributed by atoms with Crippen molar-refractivity contribution < 1.29 is 0 Å². The Morgan fingerprint density at radius 3 is 2.50 bits per heavy atom. The van der Waals surface area contributed by atoms with Gasteiger partial charge in [-0.3, -0.25) is 0 Å². The highest BCUT2D eigenvalue weighted by Gasteiger charge is 1.98. The molecule has 108 valence electrons. The first-order valence-electron chi connectivity index (χ1n) is 7.25. The molecule has 0 spiro atoms. The van der Waals surface area contributed by atoms with E-state index >= 15 is 0 Å². The van der Waals surface area contributed by atoms with Gasteiger partial charge in [0.15, 0.2) is 0 Å². The molecule has 0 saturated carbocycles. The topological polar surface area (TPSA) is 24.1 Å². The summed E-state index contributed by atoms with van der Waals surface area (Å²) in [5.74, 6) is 1.01. The Bertz CT molecular complexity index is 467. The maximum absolute atomic E-state index is 3.86. The summed E-state index contributed by atoms with van der Waals surface area (Å²) in [6, 6.07) is 8.38. The molecule has 0 bridgehead atoms. The van der Waals surface area contributed by atoms with Crippen LogP contribution in [0.1, 0.15) is 32.3 Å². The Labute approximate surface area is 123 Å². The molecule has 0 aromatic heterocycles. The van der Waals surface area contributed by atoms with Gasteiger partial charge in [-0.25, -0.2) is 0 Å². The predicted molar refractivity (Wildman–Crippen MR) is 89.7 cm³/mol. The molecule has 0 aliphatic rings. The molecule has 1 aromatic carbocycles. The lowest BCUT2D eigenvalue weighted by Gasteiger charge is -2.14. The second kappa shape index (κ2) is 9.03. The van der Waals surface area contributed by atoms with Gasteiger partial charge in [0.05, 0.1) is 5.82 Å². The molecule has 1 aromatic rings. The van der Waals surface area contributed by atoms with Crippen molar-refractivity contribution in [3.8, 4) is 0 Å². The summed E-state index contributed by atoms with van der Waals surface area (Å²) in [4.78, 5) is 0. The molecule has 0 heterocycles. The third-order valence-electron chi connectivity index (χ3n) is 3.06. The number of allylic oxidation sites excluding steroid dienone is 2. The molecule has 0 unspecified atom stereocenters. The maximum atomic E-state index is 3.86. The zero-order chi connectivity index (χ0) is 14.8. The van der Waals surface area contributed by atoms with Gasteiger partial charge in [0.25, 0.3) is 0 Å². The Kier molecular flexibility index (Phi) is 7.26. The van der Waals surface area contributed by atoms with Gasteiger partial charge in [-0.2, -0.15) is 0 Å². The molecule has 0 atom stereocenters. The highest BCUT2D eigenvalue weighted by atomic mass is 15.1. The number of unbranched alkanes of at least 4 members (excludes halogenated alkanes) is 1. The summed E-state index contributed by atoms with van der Waals surface area (Å²) in [6.07, 6.45) is 8.45. The van der Waals surface area contributed by atoms with Crippen LogP contribution in [0.5, 0.6) is 0 Å². The molecule has 20 heavy (non-hydrogen) atoms. The third kappa shape index (κ3) is 5.79. The van der Waals surface area contributed by atoms with E-state index in [1.54, 1.807) is 0 Å². The molecule has 0 saturated heterocycles. The first-order valence-corrected chi connectivity index (χ1v) is 7.25. The molecule has 2 N–H and O–H groups in total. The molecule has 0 aliphatic carbocycles. The van der Waals surface area contributed by atoms with Crippen LogP contribution < -0.4 is 10.6 Å². The predicted octanol–water partition coefficient (Wildman–Crippen LogP) is 4.77. The minimum atomic E-state index is 0.794. The Morgan fingerprint density at radius 1 is 1.25 bits per heavy atom. The molecule has 2 heteroatoms. The fourth-order valence-corrected chi connectivity index (χ4v) is 1.77. The minimum absolute atomic E-state index is 0.794. The molecule has 1 rings (SSSR count). The van der Waals surface area contributed by atoms with Crippen LogP contribution in [0, 0.1) is 6.92 Å². The van der Waals surface area contributed by atoms with E-state index in [1.807, 2.05) is 19.1 Å². The number of anilines is 1. The number of rotatable bonds is 8. The van der Waals surface area contributed by atoms with Gasteiger partial charge in [0.1, 0.15) is 0 Å². The van der Waals surface area contributed by atoms with E-state index in [0.717, 1.165) is 30.9 Å². The van der Waals surface area contributed by atoms with Crippen LogP contribution in [0.15, 0.2) is 60.5 Å². The summed E-state index contributed by atoms with van der Waals surface area (Å²) in [5.41, 5.74) is 3.59. The van der Waals surface area contributed by atoms with Crippen LogP contribution in [0.2, 0.25) is 0 Å². The zero-order valence-electron chi connectivity index (χ0n) is 12.9. The Balaban J connectivity index is 2.55. The quantitative estimate of drug-likeness (QED) is 0.665. The molecule has 2 nitrogen and oxygen atoms in total. The Hall–Kier alpha value is -1.96. The van der Waals surface area contributed by atoms with Crippen LogP contribution in [-0.4, -0.2) is 6.54 Å². The van der Waals surface area contributed by atoms with Crippen molar-refractivity contribution in [2.75, 3.05) is 11.9 Å². The second-order valence-corrected chi connectivity index (χ2v) is 4.82. The summed E-state index contributed by atoms with van der Waals surface area (Å²) < 4.78 is 0. The fraction of sp³-hybridized carbons (Fsp3) is 0.333. The smallest absolute Gasteiger partial charge is 0.0989 e. The number of aryl methyl sites for hydroxylation is 1. The van der Waals surface area contributed by atoms with Crippen molar-refractivity contribution in [2.24, 2.45) is 0 Å². The monoisotopic (exact) mass is 270 g/mol. The van der Waals surface area contributed by atoms with E-state index in [0.29, 0.717) is 0 Å².